The molecule has 0 radical (unpaired) electrons. The van der Waals surface area contributed by atoms with Gasteiger partial charge in [-0.2, -0.15) is 0 Å². The number of unbranched alkanes of at least 4 members (excludes halogenated alkanes) is 2. The third kappa shape index (κ3) is 22.1. The molecule has 0 saturated heterocycles. The van der Waals surface area contributed by atoms with E-state index in [9.17, 15) is 14.7 Å². The summed E-state index contributed by atoms with van der Waals surface area (Å²) in [6, 6.07) is 0. The number of aliphatic carboxylic acids is 2. The number of carboxylic acids is 2. The van der Waals surface area contributed by atoms with E-state index in [-0.39, 0.29) is 25.0 Å². The number of hydrogen-bond acceptors (Lipinski definition) is 4. The fourth-order valence-electron chi connectivity index (χ4n) is 1.50. The highest BCUT2D eigenvalue weighted by Crippen LogP contribution is 2.06. The first-order chi connectivity index (χ1) is 9.29. The van der Waals surface area contributed by atoms with Crippen molar-refractivity contribution in [3.63, 3.8) is 0 Å². The Kier molecular flexibility index (Phi) is 15.1. The van der Waals surface area contributed by atoms with Gasteiger partial charge in [0.2, 0.25) is 0 Å². The van der Waals surface area contributed by atoms with Crippen LogP contribution in [0.2, 0.25) is 0 Å². The summed E-state index contributed by atoms with van der Waals surface area (Å²) in [7, 11) is 0. The number of aliphatic hydroxyl groups is 2. The molecule has 0 bridgehead atoms. The second-order valence-corrected chi connectivity index (χ2v) is 4.88. The molecule has 0 aliphatic rings. The van der Waals surface area contributed by atoms with E-state index in [2.05, 4.69) is 6.92 Å². The lowest BCUT2D eigenvalue weighted by Crippen LogP contribution is -2.14. The quantitative estimate of drug-likeness (QED) is 0.458. The number of carbonyl (C=O) groups is 2. The Hall–Kier alpha value is -1.14. The number of aliphatic hydroxyl groups excluding tert-OH is 2. The number of hydrogen-bond donors (Lipinski definition) is 4. The van der Waals surface area contributed by atoms with Crippen molar-refractivity contribution < 1.29 is 30.0 Å². The highest BCUT2D eigenvalue weighted by atomic mass is 16.4. The van der Waals surface area contributed by atoms with E-state index in [1.807, 2.05) is 0 Å². The van der Waals surface area contributed by atoms with Gasteiger partial charge in [0.1, 0.15) is 0 Å². The Morgan fingerprint density at radius 1 is 0.950 bits per heavy atom. The maximum absolute atomic E-state index is 9.90. The summed E-state index contributed by atoms with van der Waals surface area (Å²) in [6.45, 7) is 3.80. The van der Waals surface area contributed by atoms with E-state index in [0.717, 1.165) is 19.3 Å². The van der Waals surface area contributed by atoms with Gasteiger partial charge in [0.15, 0.2) is 0 Å². The average molecular weight is 292 g/mol. The van der Waals surface area contributed by atoms with Crippen LogP contribution < -0.4 is 0 Å². The normalized spacial score (nSPS) is 13.0. The van der Waals surface area contributed by atoms with E-state index in [1.54, 1.807) is 6.92 Å². The van der Waals surface area contributed by atoms with Gasteiger partial charge in [-0.25, -0.2) is 0 Å². The standard InChI is InChI=1S/C8H18O2.C6H10O4/c1-3-4-5-8(10)6-7(2)9;7-5(8)3-1-2-4-6(9)10/h7-10H,3-6H2,1-2H3;1-4H2,(H,7,8)(H,9,10). The Labute approximate surface area is 120 Å². The van der Waals surface area contributed by atoms with E-state index in [0.29, 0.717) is 19.3 Å². The fourth-order valence-corrected chi connectivity index (χ4v) is 1.50. The zero-order valence-corrected chi connectivity index (χ0v) is 12.4. The lowest BCUT2D eigenvalue weighted by Gasteiger charge is -2.10. The second kappa shape index (κ2) is 14.3. The molecular formula is C14H28O6. The first-order valence-electron chi connectivity index (χ1n) is 7.09. The lowest BCUT2D eigenvalue weighted by molar-refractivity contribution is -0.139. The summed E-state index contributed by atoms with van der Waals surface area (Å²) >= 11 is 0. The van der Waals surface area contributed by atoms with E-state index >= 15 is 0 Å². The van der Waals surface area contributed by atoms with Gasteiger partial charge in [0.25, 0.3) is 0 Å². The van der Waals surface area contributed by atoms with Crippen molar-refractivity contribution in [1.82, 2.24) is 0 Å². The van der Waals surface area contributed by atoms with Crippen LogP contribution in [-0.4, -0.2) is 44.6 Å². The summed E-state index contributed by atoms with van der Waals surface area (Å²) in [4.78, 5) is 19.8. The SMILES string of the molecule is CCCCC(O)CC(C)O.O=C(O)CCCCC(=O)O. The molecule has 0 heterocycles. The molecule has 0 aromatic carbocycles. The van der Waals surface area contributed by atoms with Crippen LogP contribution in [0.4, 0.5) is 0 Å². The Morgan fingerprint density at radius 3 is 1.70 bits per heavy atom. The first kappa shape index (κ1) is 21.2. The van der Waals surface area contributed by atoms with Crippen molar-refractivity contribution in [3.05, 3.63) is 0 Å². The first-order valence-corrected chi connectivity index (χ1v) is 7.09. The summed E-state index contributed by atoms with van der Waals surface area (Å²) < 4.78 is 0. The third-order valence-corrected chi connectivity index (χ3v) is 2.54. The minimum atomic E-state index is -0.870. The summed E-state index contributed by atoms with van der Waals surface area (Å²) in [6.07, 6.45) is 3.84. The van der Waals surface area contributed by atoms with Crippen molar-refractivity contribution in [2.24, 2.45) is 0 Å². The van der Waals surface area contributed by atoms with Crippen LogP contribution >= 0.6 is 0 Å². The van der Waals surface area contributed by atoms with Gasteiger partial charge in [0.05, 0.1) is 12.2 Å². The zero-order valence-electron chi connectivity index (χ0n) is 12.4. The average Bonchev–Trinajstić information content (AvgIpc) is 2.31. The van der Waals surface area contributed by atoms with Crippen LogP contribution in [0.15, 0.2) is 0 Å². The van der Waals surface area contributed by atoms with Crippen molar-refractivity contribution >= 4 is 11.9 Å². The molecule has 0 aliphatic carbocycles. The smallest absolute Gasteiger partial charge is 0.303 e. The van der Waals surface area contributed by atoms with Gasteiger partial charge >= 0.3 is 11.9 Å². The molecule has 0 amide bonds. The van der Waals surface area contributed by atoms with E-state index < -0.39 is 11.9 Å². The molecule has 0 spiro atoms. The molecule has 4 N–H and O–H groups in total. The Balaban J connectivity index is 0. The monoisotopic (exact) mass is 292 g/mol. The van der Waals surface area contributed by atoms with Gasteiger partial charge in [-0.1, -0.05) is 19.8 Å². The molecule has 0 aromatic rings. The van der Waals surface area contributed by atoms with Crippen molar-refractivity contribution in [2.45, 2.75) is 77.4 Å². The highest BCUT2D eigenvalue weighted by Gasteiger charge is 2.06. The molecule has 6 nitrogen and oxygen atoms in total. The van der Waals surface area contributed by atoms with Gasteiger partial charge in [-0.3, -0.25) is 9.59 Å². The van der Waals surface area contributed by atoms with E-state index in [4.69, 9.17) is 15.3 Å². The van der Waals surface area contributed by atoms with Crippen molar-refractivity contribution in [3.8, 4) is 0 Å². The summed E-state index contributed by atoms with van der Waals surface area (Å²) in [5, 5.41) is 34.3. The predicted octanol–water partition coefficient (Wildman–Crippen LogP) is 2.02. The van der Waals surface area contributed by atoms with Gasteiger partial charge in [0, 0.05) is 12.8 Å². The highest BCUT2D eigenvalue weighted by molar-refractivity contribution is 5.67. The maximum atomic E-state index is 9.90. The molecule has 2 atom stereocenters. The van der Waals surface area contributed by atoms with E-state index in [1.165, 1.54) is 0 Å². The molecule has 0 aliphatic heterocycles. The molecular weight excluding hydrogens is 264 g/mol. The zero-order chi connectivity index (χ0) is 16.0. The van der Waals surface area contributed by atoms with Crippen LogP contribution in [0.5, 0.6) is 0 Å². The van der Waals surface area contributed by atoms with Gasteiger partial charge in [-0.05, 0) is 32.6 Å². The topological polar surface area (TPSA) is 115 Å². The van der Waals surface area contributed by atoms with Crippen LogP contribution in [0.25, 0.3) is 0 Å². The minimum absolute atomic E-state index is 0.0628. The lowest BCUT2D eigenvalue weighted by atomic mass is 10.1. The summed E-state index contributed by atoms with van der Waals surface area (Å²) in [5.41, 5.74) is 0. The van der Waals surface area contributed by atoms with Crippen molar-refractivity contribution in [2.75, 3.05) is 0 Å². The van der Waals surface area contributed by atoms with Crippen LogP contribution in [0, 0.1) is 0 Å². The molecule has 6 heteroatoms. The molecule has 2 unspecified atom stereocenters. The second-order valence-electron chi connectivity index (χ2n) is 4.88. The van der Waals surface area contributed by atoms with Crippen LogP contribution in [0.3, 0.4) is 0 Å². The summed E-state index contributed by atoms with van der Waals surface area (Å²) in [5.74, 6) is -1.74. The molecule has 0 saturated carbocycles. The molecule has 0 aromatic heterocycles. The third-order valence-electron chi connectivity index (χ3n) is 2.54. The fraction of sp³-hybridized carbons (Fsp3) is 0.857. The number of rotatable bonds is 10. The van der Waals surface area contributed by atoms with Crippen molar-refractivity contribution in [1.29, 1.82) is 0 Å². The molecule has 120 valence electrons. The Morgan fingerprint density at radius 2 is 1.40 bits per heavy atom. The predicted molar refractivity (Wildman–Crippen MR) is 75.6 cm³/mol. The Bertz CT molecular complexity index is 236. The largest absolute Gasteiger partial charge is 0.481 e. The van der Waals surface area contributed by atoms with Crippen LogP contribution in [0.1, 0.15) is 65.2 Å². The van der Waals surface area contributed by atoms with Gasteiger partial charge < -0.3 is 20.4 Å². The molecule has 0 rings (SSSR count). The number of carboxylic acid groups (broad SMARTS) is 2. The minimum Gasteiger partial charge on any atom is -0.481 e. The van der Waals surface area contributed by atoms with Crippen LogP contribution in [-0.2, 0) is 9.59 Å². The van der Waals surface area contributed by atoms with Gasteiger partial charge in [-0.15, -0.1) is 0 Å². The molecule has 0 fully saturated rings. The maximum Gasteiger partial charge on any atom is 0.303 e. The molecule has 20 heavy (non-hydrogen) atoms.